The monoisotopic (exact) mass is 490 g/mol. The number of ether oxygens (including phenoxy) is 2. The number of para-hydroxylation sites is 1. The van der Waals surface area contributed by atoms with E-state index in [4.69, 9.17) is 21.1 Å². The van der Waals surface area contributed by atoms with Gasteiger partial charge >= 0.3 is 5.97 Å². The van der Waals surface area contributed by atoms with Gasteiger partial charge in [0, 0.05) is 21.2 Å². The van der Waals surface area contributed by atoms with Crippen LogP contribution >= 0.6 is 22.9 Å². The fourth-order valence-electron chi connectivity index (χ4n) is 3.05. The van der Waals surface area contributed by atoms with Crippen LogP contribution < -0.4 is 14.9 Å². The summed E-state index contributed by atoms with van der Waals surface area (Å²) in [5.74, 6) is -0.0231. The van der Waals surface area contributed by atoms with Crippen molar-refractivity contribution in [3.8, 4) is 11.5 Å². The molecule has 0 radical (unpaired) electrons. The molecule has 4 rings (SSSR count). The Hall–Kier alpha value is -3.94. The smallest absolute Gasteiger partial charge is 0.355 e. The van der Waals surface area contributed by atoms with Crippen molar-refractivity contribution in [3.05, 3.63) is 106 Å². The quantitative estimate of drug-likeness (QED) is 0.106. The Balaban J connectivity index is 1.43. The zero-order chi connectivity index (χ0) is 23.9. The van der Waals surface area contributed by atoms with Crippen LogP contribution in [0.1, 0.15) is 25.6 Å². The lowest BCUT2D eigenvalue weighted by Crippen LogP contribution is -2.17. The van der Waals surface area contributed by atoms with E-state index in [0.29, 0.717) is 39.1 Å². The maximum absolute atomic E-state index is 12.8. The van der Waals surface area contributed by atoms with Crippen molar-refractivity contribution in [3.63, 3.8) is 0 Å². The number of carbonyl (C=O) groups is 2. The highest BCUT2D eigenvalue weighted by atomic mass is 35.5. The molecular formula is C26H19ClN2O4S. The molecule has 170 valence electrons. The minimum Gasteiger partial charge on any atom is -0.490 e. The molecule has 0 saturated carbocycles. The molecule has 0 fully saturated rings. The second kappa shape index (κ2) is 10.8. The van der Waals surface area contributed by atoms with E-state index in [1.54, 1.807) is 54.6 Å². The fourth-order valence-corrected chi connectivity index (χ4v) is 4.44. The number of hydrogen-bond acceptors (Lipinski definition) is 6. The first-order valence-corrected chi connectivity index (χ1v) is 11.4. The summed E-state index contributed by atoms with van der Waals surface area (Å²) in [6.45, 7) is 3.98. The number of carbonyl (C=O) groups excluding carboxylic acids is 2. The molecule has 0 spiro atoms. The average molecular weight is 491 g/mol. The first-order valence-electron chi connectivity index (χ1n) is 10.2. The van der Waals surface area contributed by atoms with E-state index in [0.717, 1.165) is 10.1 Å². The minimum absolute atomic E-state index is 0.294. The Morgan fingerprint density at radius 1 is 1.03 bits per heavy atom. The van der Waals surface area contributed by atoms with Gasteiger partial charge in [0.15, 0.2) is 0 Å². The Kier molecular flexibility index (Phi) is 7.37. The van der Waals surface area contributed by atoms with E-state index < -0.39 is 11.9 Å². The summed E-state index contributed by atoms with van der Waals surface area (Å²) < 4.78 is 11.9. The lowest BCUT2D eigenvalue weighted by molar-refractivity contribution is 0.0739. The van der Waals surface area contributed by atoms with Gasteiger partial charge in [-0.05, 0) is 42.5 Å². The highest BCUT2D eigenvalue weighted by Gasteiger charge is 2.19. The summed E-state index contributed by atoms with van der Waals surface area (Å²) in [4.78, 5) is 25.5. The van der Waals surface area contributed by atoms with Crippen molar-refractivity contribution in [2.75, 3.05) is 6.61 Å². The van der Waals surface area contributed by atoms with E-state index in [9.17, 15) is 9.59 Å². The van der Waals surface area contributed by atoms with Crippen LogP contribution in [0.4, 0.5) is 0 Å². The van der Waals surface area contributed by atoms with Crippen molar-refractivity contribution < 1.29 is 19.1 Å². The summed E-state index contributed by atoms with van der Waals surface area (Å²) in [6, 6.07) is 21.0. The third-order valence-electron chi connectivity index (χ3n) is 4.70. The number of halogens is 1. The van der Waals surface area contributed by atoms with E-state index >= 15 is 0 Å². The topological polar surface area (TPSA) is 77.0 Å². The van der Waals surface area contributed by atoms with Gasteiger partial charge < -0.3 is 9.47 Å². The van der Waals surface area contributed by atoms with Gasteiger partial charge in [0.25, 0.3) is 5.91 Å². The molecule has 0 bridgehead atoms. The van der Waals surface area contributed by atoms with E-state index in [1.165, 1.54) is 17.6 Å². The first kappa shape index (κ1) is 23.2. The molecule has 0 saturated heterocycles. The summed E-state index contributed by atoms with van der Waals surface area (Å²) in [6.07, 6.45) is 3.05. The molecule has 8 heteroatoms. The van der Waals surface area contributed by atoms with E-state index in [2.05, 4.69) is 17.1 Å². The van der Waals surface area contributed by atoms with Gasteiger partial charge in [0.1, 0.15) is 23.0 Å². The maximum atomic E-state index is 12.8. The fraction of sp³-hybridized carbons (Fsp3) is 0.0385. The number of benzene rings is 3. The minimum atomic E-state index is -0.560. The third kappa shape index (κ3) is 5.33. The number of nitrogens with zero attached hydrogens (tertiary/aromatic N) is 1. The van der Waals surface area contributed by atoms with Gasteiger partial charge in [-0.25, -0.2) is 10.2 Å². The number of nitrogens with one attached hydrogen (secondary N) is 1. The number of rotatable bonds is 8. The van der Waals surface area contributed by atoms with Gasteiger partial charge in [0.05, 0.1) is 11.2 Å². The molecule has 0 aliphatic rings. The second-order valence-electron chi connectivity index (χ2n) is 6.99. The lowest BCUT2D eigenvalue weighted by atomic mass is 10.2. The Bertz CT molecular complexity index is 1380. The summed E-state index contributed by atoms with van der Waals surface area (Å²) in [5, 5.41) is 5.17. The third-order valence-corrected chi connectivity index (χ3v) is 6.35. The van der Waals surface area contributed by atoms with Crippen LogP contribution in [0.25, 0.3) is 10.1 Å². The molecule has 1 amide bonds. The first-order chi connectivity index (χ1) is 16.6. The normalized spacial score (nSPS) is 10.9. The van der Waals surface area contributed by atoms with Crippen molar-refractivity contribution >= 4 is 51.1 Å². The molecule has 0 aliphatic carbocycles. The number of amides is 1. The highest BCUT2D eigenvalue weighted by molar-refractivity contribution is 7.21. The second-order valence-corrected chi connectivity index (χ2v) is 8.42. The van der Waals surface area contributed by atoms with Crippen molar-refractivity contribution in [1.29, 1.82) is 0 Å². The van der Waals surface area contributed by atoms with Gasteiger partial charge in [-0.3, -0.25) is 4.79 Å². The Labute approximate surface area is 205 Å². The Morgan fingerprint density at radius 3 is 2.53 bits per heavy atom. The molecule has 1 heterocycles. The van der Waals surface area contributed by atoms with Crippen LogP contribution in [0, 0.1) is 0 Å². The number of hydrogen-bond donors (Lipinski definition) is 1. The standard InChI is InChI=1S/C26H19ClN2O4S/c1-2-15-32-19-13-11-17(12-14-19)25(30)29-28-16-18-7-3-5-9-21(18)33-26(31)24-23(27)20-8-4-6-10-22(20)34-24/h2-14,16H,1,15H2,(H,29,30)/b28-16+. The molecule has 6 nitrogen and oxygen atoms in total. The number of fused-ring (bicyclic) bond motifs is 1. The van der Waals surface area contributed by atoms with Crippen LogP contribution in [0.5, 0.6) is 11.5 Å². The summed E-state index contributed by atoms with van der Waals surface area (Å²) in [7, 11) is 0. The molecule has 0 aliphatic heterocycles. The van der Waals surface area contributed by atoms with E-state index in [-0.39, 0.29) is 0 Å². The van der Waals surface area contributed by atoms with Crippen LogP contribution in [0.3, 0.4) is 0 Å². The average Bonchev–Trinajstić information content (AvgIpc) is 3.20. The van der Waals surface area contributed by atoms with Crippen LogP contribution in [0.2, 0.25) is 5.02 Å². The van der Waals surface area contributed by atoms with Crippen molar-refractivity contribution in [2.24, 2.45) is 5.10 Å². The Morgan fingerprint density at radius 2 is 1.76 bits per heavy atom. The van der Waals surface area contributed by atoms with Crippen LogP contribution in [-0.2, 0) is 0 Å². The number of esters is 1. The molecule has 3 aromatic carbocycles. The largest absolute Gasteiger partial charge is 0.490 e. The van der Waals surface area contributed by atoms with Crippen molar-refractivity contribution in [1.82, 2.24) is 5.43 Å². The van der Waals surface area contributed by atoms with Gasteiger partial charge in [0.2, 0.25) is 0 Å². The van der Waals surface area contributed by atoms with Crippen molar-refractivity contribution in [2.45, 2.75) is 0 Å². The summed E-state index contributed by atoms with van der Waals surface area (Å²) in [5.41, 5.74) is 3.40. The number of thiophene rings is 1. The SMILES string of the molecule is C=CCOc1ccc(C(=O)N/N=C/c2ccccc2OC(=O)c2sc3ccccc3c2Cl)cc1. The van der Waals surface area contributed by atoms with Gasteiger partial charge in [-0.2, -0.15) is 5.10 Å². The van der Waals surface area contributed by atoms with E-state index in [1.807, 2.05) is 24.3 Å². The highest BCUT2D eigenvalue weighted by Crippen LogP contribution is 2.36. The predicted octanol–water partition coefficient (Wildman–Crippen LogP) is 6.10. The van der Waals surface area contributed by atoms with Crippen LogP contribution in [0.15, 0.2) is 90.6 Å². The molecule has 34 heavy (non-hydrogen) atoms. The molecule has 0 unspecified atom stereocenters. The predicted molar refractivity (Wildman–Crippen MR) is 135 cm³/mol. The molecular weight excluding hydrogens is 472 g/mol. The van der Waals surface area contributed by atoms with Gasteiger partial charge in [-0.15, -0.1) is 11.3 Å². The number of hydrazone groups is 1. The zero-order valence-corrected chi connectivity index (χ0v) is 19.4. The maximum Gasteiger partial charge on any atom is 0.355 e. The molecule has 0 atom stereocenters. The molecule has 1 aromatic heterocycles. The van der Waals surface area contributed by atoms with Gasteiger partial charge in [-0.1, -0.05) is 54.6 Å². The van der Waals surface area contributed by atoms with Crippen LogP contribution in [-0.4, -0.2) is 24.7 Å². The molecule has 4 aromatic rings. The zero-order valence-electron chi connectivity index (χ0n) is 17.9. The summed E-state index contributed by atoms with van der Waals surface area (Å²) >= 11 is 7.66. The molecule has 1 N–H and O–H groups in total. The lowest BCUT2D eigenvalue weighted by Gasteiger charge is -2.07.